The van der Waals surface area contributed by atoms with Gasteiger partial charge in [-0.25, -0.2) is 4.79 Å². The zero-order valence-electron chi connectivity index (χ0n) is 18.7. The summed E-state index contributed by atoms with van der Waals surface area (Å²) in [6, 6.07) is 19.2. The van der Waals surface area contributed by atoms with E-state index in [9.17, 15) is 24.0 Å². The van der Waals surface area contributed by atoms with E-state index in [0.29, 0.717) is 27.9 Å². The van der Waals surface area contributed by atoms with Crippen LogP contribution in [-0.2, 0) is 16.1 Å². The van der Waals surface area contributed by atoms with E-state index in [2.05, 4.69) is 10.6 Å². The number of benzene rings is 3. The Morgan fingerprint density at radius 1 is 0.829 bits per heavy atom. The van der Waals surface area contributed by atoms with Crippen LogP contribution in [0, 0.1) is 0 Å². The van der Waals surface area contributed by atoms with E-state index in [4.69, 9.17) is 4.74 Å². The molecule has 1 aliphatic rings. The van der Waals surface area contributed by atoms with Crippen molar-refractivity contribution in [1.82, 2.24) is 10.2 Å². The van der Waals surface area contributed by atoms with Gasteiger partial charge in [-0.05, 0) is 48.0 Å². The number of hydrogen-bond acceptors (Lipinski definition) is 6. The lowest BCUT2D eigenvalue weighted by atomic mass is 10.1. The molecule has 0 saturated heterocycles. The van der Waals surface area contributed by atoms with E-state index in [1.807, 2.05) is 0 Å². The Hall–Kier alpha value is -4.79. The van der Waals surface area contributed by atoms with Crippen LogP contribution in [0.3, 0.4) is 0 Å². The fourth-order valence-electron chi connectivity index (χ4n) is 3.66. The molecule has 4 amide bonds. The molecule has 176 valence electrons. The first kappa shape index (κ1) is 23.4. The molecule has 1 heterocycles. The molecule has 3 aromatic rings. The maximum absolute atomic E-state index is 12.6. The van der Waals surface area contributed by atoms with Crippen LogP contribution in [0.25, 0.3) is 0 Å². The number of carbonyl (C=O) groups is 5. The number of fused-ring (bicyclic) bond motifs is 1. The van der Waals surface area contributed by atoms with Crippen LogP contribution in [0.5, 0.6) is 0 Å². The molecule has 9 nitrogen and oxygen atoms in total. The predicted molar refractivity (Wildman–Crippen MR) is 126 cm³/mol. The molecule has 1 aliphatic heterocycles. The second-order valence-electron chi connectivity index (χ2n) is 7.73. The Kier molecular flexibility index (Phi) is 6.68. The number of imide groups is 1. The highest BCUT2D eigenvalue weighted by molar-refractivity contribution is 6.21. The van der Waals surface area contributed by atoms with E-state index in [0.717, 1.165) is 4.90 Å². The molecule has 0 fully saturated rings. The maximum atomic E-state index is 12.6. The molecular formula is C26H21N3O6. The lowest BCUT2D eigenvalue weighted by molar-refractivity contribution is -0.119. The van der Waals surface area contributed by atoms with Crippen LogP contribution in [0.15, 0.2) is 72.8 Å². The van der Waals surface area contributed by atoms with E-state index in [1.54, 1.807) is 54.6 Å². The molecule has 0 atom stereocenters. The topological polar surface area (TPSA) is 122 Å². The average Bonchev–Trinajstić information content (AvgIpc) is 3.12. The number of ether oxygens (including phenoxy) is 1. The third-order valence-corrected chi connectivity index (χ3v) is 5.35. The standard InChI is InChI=1S/C26H21N3O6/c1-27-23(31)17-7-5-9-19(13-17)28-22(30)15-35-26(34)18-8-4-6-16(12-18)14-29-24(32)20-10-2-3-11-21(20)25(29)33/h2-13H,14-15H2,1H3,(H,27,31)(H,28,30). The van der Waals surface area contributed by atoms with Gasteiger partial charge in [-0.3, -0.25) is 24.1 Å². The summed E-state index contributed by atoms with van der Waals surface area (Å²) in [4.78, 5) is 62.7. The number of esters is 1. The number of nitrogens with zero attached hydrogens (tertiary/aromatic N) is 1. The van der Waals surface area contributed by atoms with Gasteiger partial charge in [0.15, 0.2) is 6.61 Å². The van der Waals surface area contributed by atoms with Gasteiger partial charge in [0.25, 0.3) is 23.6 Å². The fraction of sp³-hybridized carbons (Fsp3) is 0.115. The van der Waals surface area contributed by atoms with E-state index >= 15 is 0 Å². The highest BCUT2D eigenvalue weighted by atomic mass is 16.5. The molecule has 0 saturated carbocycles. The quantitative estimate of drug-likeness (QED) is 0.404. The van der Waals surface area contributed by atoms with Crippen molar-refractivity contribution in [3.8, 4) is 0 Å². The molecule has 0 spiro atoms. The Morgan fingerprint density at radius 2 is 1.49 bits per heavy atom. The normalized spacial score (nSPS) is 12.2. The van der Waals surface area contributed by atoms with Crippen LogP contribution in [0.1, 0.15) is 47.0 Å². The molecule has 2 N–H and O–H groups in total. The van der Waals surface area contributed by atoms with Crippen LogP contribution in [0.4, 0.5) is 5.69 Å². The minimum atomic E-state index is -0.733. The van der Waals surface area contributed by atoms with Crippen molar-refractivity contribution in [1.29, 1.82) is 0 Å². The SMILES string of the molecule is CNC(=O)c1cccc(NC(=O)COC(=O)c2cccc(CN3C(=O)c4ccccc4C3=O)c2)c1. The first-order valence-corrected chi connectivity index (χ1v) is 10.7. The van der Waals surface area contributed by atoms with Gasteiger partial charge in [0.2, 0.25) is 0 Å². The summed E-state index contributed by atoms with van der Waals surface area (Å²) < 4.78 is 5.10. The average molecular weight is 471 g/mol. The second-order valence-corrected chi connectivity index (χ2v) is 7.73. The van der Waals surface area contributed by atoms with Gasteiger partial charge in [-0.1, -0.05) is 30.3 Å². The zero-order valence-corrected chi connectivity index (χ0v) is 18.7. The van der Waals surface area contributed by atoms with Crippen molar-refractivity contribution >= 4 is 35.3 Å². The van der Waals surface area contributed by atoms with Crippen LogP contribution >= 0.6 is 0 Å². The fourth-order valence-corrected chi connectivity index (χ4v) is 3.66. The number of nitrogens with one attached hydrogen (secondary N) is 2. The Morgan fingerprint density at radius 3 is 2.17 bits per heavy atom. The molecule has 3 aromatic carbocycles. The largest absolute Gasteiger partial charge is 0.452 e. The highest BCUT2D eigenvalue weighted by Gasteiger charge is 2.35. The van der Waals surface area contributed by atoms with Gasteiger partial charge >= 0.3 is 5.97 Å². The van der Waals surface area contributed by atoms with Gasteiger partial charge in [-0.2, -0.15) is 0 Å². The summed E-state index contributed by atoms with van der Waals surface area (Å²) in [5, 5.41) is 5.06. The van der Waals surface area contributed by atoms with Crippen molar-refractivity contribution in [2.24, 2.45) is 0 Å². The summed E-state index contributed by atoms with van der Waals surface area (Å²) in [5.74, 6) is -2.39. The Bertz CT molecular complexity index is 1320. The van der Waals surface area contributed by atoms with Gasteiger partial charge in [0.1, 0.15) is 0 Å². The lowest BCUT2D eigenvalue weighted by Crippen LogP contribution is -2.29. The molecule has 0 radical (unpaired) electrons. The molecule has 0 aliphatic carbocycles. The summed E-state index contributed by atoms with van der Waals surface area (Å²) in [5.41, 5.74) is 2.19. The highest BCUT2D eigenvalue weighted by Crippen LogP contribution is 2.24. The molecule has 0 unspecified atom stereocenters. The maximum Gasteiger partial charge on any atom is 0.338 e. The molecule has 35 heavy (non-hydrogen) atoms. The Balaban J connectivity index is 1.36. The lowest BCUT2D eigenvalue weighted by Gasteiger charge is -2.14. The minimum absolute atomic E-state index is 0.00433. The molecule has 4 rings (SSSR count). The number of carbonyl (C=O) groups excluding carboxylic acids is 5. The summed E-state index contributed by atoms with van der Waals surface area (Å²) in [7, 11) is 1.50. The van der Waals surface area contributed by atoms with E-state index in [-0.39, 0.29) is 18.0 Å². The third kappa shape index (κ3) is 5.09. The van der Waals surface area contributed by atoms with Crippen molar-refractivity contribution in [3.05, 3.63) is 101 Å². The van der Waals surface area contributed by atoms with Gasteiger partial charge in [0.05, 0.1) is 23.2 Å². The van der Waals surface area contributed by atoms with Crippen LogP contribution in [0.2, 0.25) is 0 Å². The number of hydrogen-bond donors (Lipinski definition) is 2. The number of rotatable bonds is 7. The van der Waals surface area contributed by atoms with Crippen LogP contribution in [-0.4, -0.2) is 48.2 Å². The third-order valence-electron chi connectivity index (χ3n) is 5.35. The van der Waals surface area contributed by atoms with Crippen molar-refractivity contribution in [3.63, 3.8) is 0 Å². The first-order valence-electron chi connectivity index (χ1n) is 10.7. The second kappa shape index (κ2) is 10.0. The minimum Gasteiger partial charge on any atom is -0.452 e. The molecular weight excluding hydrogens is 450 g/mol. The zero-order chi connectivity index (χ0) is 24.9. The Labute approximate surface area is 200 Å². The summed E-state index contributed by atoms with van der Waals surface area (Å²) in [6.45, 7) is -0.540. The van der Waals surface area contributed by atoms with Gasteiger partial charge in [0, 0.05) is 18.3 Å². The van der Waals surface area contributed by atoms with E-state index in [1.165, 1.54) is 25.2 Å². The summed E-state index contributed by atoms with van der Waals surface area (Å²) in [6.07, 6.45) is 0. The van der Waals surface area contributed by atoms with Crippen molar-refractivity contribution in [2.45, 2.75) is 6.54 Å². The smallest absolute Gasteiger partial charge is 0.338 e. The summed E-state index contributed by atoms with van der Waals surface area (Å²) >= 11 is 0. The van der Waals surface area contributed by atoms with E-state index < -0.39 is 30.3 Å². The predicted octanol–water partition coefficient (Wildman–Crippen LogP) is 2.64. The first-order chi connectivity index (χ1) is 16.9. The van der Waals surface area contributed by atoms with Crippen molar-refractivity contribution < 1.29 is 28.7 Å². The molecule has 0 bridgehead atoms. The molecule has 0 aromatic heterocycles. The monoisotopic (exact) mass is 471 g/mol. The molecule has 9 heteroatoms. The number of amides is 4. The van der Waals surface area contributed by atoms with Crippen LogP contribution < -0.4 is 10.6 Å². The van der Waals surface area contributed by atoms with Gasteiger partial charge < -0.3 is 15.4 Å². The van der Waals surface area contributed by atoms with Gasteiger partial charge in [-0.15, -0.1) is 0 Å². The number of anilines is 1. The van der Waals surface area contributed by atoms with Crippen molar-refractivity contribution in [2.75, 3.05) is 19.0 Å².